The van der Waals surface area contributed by atoms with Crippen molar-refractivity contribution in [1.29, 1.82) is 0 Å². The third-order valence-electron chi connectivity index (χ3n) is 3.46. The van der Waals surface area contributed by atoms with Crippen LogP contribution in [0.25, 0.3) is 11.4 Å². The van der Waals surface area contributed by atoms with Gasteiger partial charge < -0.3 is 10.1 Å². The molecule has 1 aromatic carbocycles. The minimum absolute atomic E-state index is 0.0147. The van der Waals surface area contributed by atoms with Crippen molar-refractivity contribution in [1.82, 2.24) is 20.1 Å². The molecule has 1 atom stereocenters. The van der Waals surface area contributed by atoms with E-state index in [1.54, 1.807) is 13.2 Å². The minimum atomic E-state index is -0.265. The van der Waals surface area contributed by atoms with Crippen molar-refractivity contribution in [2.75, 3.05) is 7.11 Å². The van der Waals surface area contributed by atoms with Crippen LogP contribution < -0.4 is 10.1 Å². The molecule has 0 aliphatic rings. The highest BCUT2D eigenvalue weighted by atomic mass is 32.2. The maximum absolute atomic E-state index is 12.2. The summed E-state index contributed by atoms with van der Waals surface area (Å²) in [5, 5.41) is 11.9. The van der Waals surface area contributed by atoms with E-state index in [1.165, 1.54) is 11.8 Å². The molecule has 134 valence electrons. The fraction of sp³-hybridized carbons (Fsp3) is 0.389. The van der Waals surface area contributed by atoms with E-state index in [4.69, 9.17) is 4.74 Å². The summed E-state index contributed by atoms with van der Waals surface area (Å²) in [6.45, 7) is 10.1. The Labute approximate surface area is 152 Å². The van der Waals surface area contributed by atoms with E-state index in [2.05, 4.69) is 22.1 Å². The molecule has 1 amide bonds. The molecule has 6 nitrogen and oxygen atoms in total. The van der Waals surface area contributed by atoms with Crippen LogP contribution in [0.4, 0.5) is 0 Å². The molecule has 0 saturated heterocycles. The van der Waals surface area contributed by atoms with E-state index < -0.39 is 0 Å². The summed E-state index contributed by atoms with van der Waals surface area (Å²) in [5.41, 5.74) is 0.932. The van der Waals surface area contributed by atoms with Gasteiger partial charge in [0, 0.05) is 18.2 Å². The smallest absolute Gasteiger partial charge is 0.233 e. The van der Waals surface area contributed by atoms with E-state index >= 15 is 0 Å². The zero-order chi connectivity index (χ0) is 18.4. The van der Waals surface area contributed by atoms with Gasteiger partial charge in [-0.05, 0) is 45.0 Å². The number of carbonyl (C=O) groups is 1. The summed E-state index contributed by atoms with van der Waals surface area (Å²) in [6.07, 6.45) is 1.79. The number of nitrogens with one attached hydrogen (secondary N) is 1. The lowest BCUT2D eigenvalue weighted by molar-refractivity contribution is -0.120. The van der Waals surface area contributed by atoms with Gasteiger partial charge in [0.2, 0.25) is 5.91 Å². The predicted octanol–water partition coefficient (Wildman–Crippen LogP) is 3.14. The first-order chi connectivity index (χ1) is 12.0. The van der Waals surface area contributed by atoms with Crippen molar-refractivity contribution < 1.29 is 9.53 Å². The molecule has 2 aromatic rings. The number of rotatable bonds is 8. The number of ether oxygens (including phenoxy) is 1. The molecule has 1 aromatic heterocycles. The first-order valence-corrected chi connectivity index (χ1v) is 8.99. The number of hydrogen-bond acceptors (Lipinski definition) is 5. The van der Waals surface area contributed by atoms with Gasteiger partial charge in [0.1, 0.15) is 5.75 Å². The Kier molecular flexibility index (Phi) is 6.64. The molecule has 1 heterocycles. The maximum atomic E-state index is 12.2. The van der Waals surface area contributed by atoms with Crippen molar-refractivity contribution >= 4 is 17.7 Å². The summed E-state index contributed by atoms with van der Waals surface area (Å²) in [4.78, 5) is 12.2. The van der Waals surface area contributed by atoms with Gasteiger partial charge in [0.05, 0.1) is 12.4 Å². The second-order valence-corrected chi connectivity index (χ2v) is 7.17. The van der Waals surface area contributed by atoms with Crippen molar-refractivity contribution in [2.24, 2.45) is 0 Å². The van der Waals surface area contributed by atoms with E-state index in [0.717, 1.165) is 17.1 Å². The van der Waals surface area contributed by atoms with Gasteiger partial charge in [-0.15, -0.1) is 16.8 Å². The van der Waals surface area contributed by atoms with Gasteiger partial charge in [-0.2, -0.15) is 0 Å². The molecule has 0 unspecified atom stereocenters. The third kappa shape index (κ3) is 4.85. The summed E-state index contributed by atoms with van der Waals surface area (Å²) in [6, 6.07) is 7.75. The van der Waals surface area contributed by atoms with E-state index in [9.17, 15) is 4.79 Å². The van der Waals surface area contributed by atoms with Crippen LogP contribution >= 0.6 is 11.8 Å². The quantitative estimate of drug-likeness (QED) is 0.578. The van der Waals surface area contributed by atoms with Crippen LogP contribution in [0.3, 0.4) is 0 Å². The van der Waals surface area contributed by atoms with Crippen LogP contribution in [-0.4, -0.2) is 39.1 Å². The van der Waals surface area contributed by atoms with Gasteiger partial charge in [-0.3, -0.25) is 9.36 Å². The number of methoxy groups -OCH3 is 1. The van der Waals surface area contributed by atoms with Gasteiger partial charge >= 0.3 is 0 Å². The Morgan fingerprint density at radius 3 is 2.56 bits per heavy atom. The molecule has 0 spiro atoms. The second-order valence-electron chi connectivity index (χ2n) is 5.86. The molecule has 1 N–H and O–H groups in total. The van der Waals surface area contributed by atoms with E-state index in [1.807, 2.05) is 49.6 Å². The Bertz CT molecular complexity index is 725. The highest BCUT2D eigenvalue weighted by Crippen LogP contribution is 2.28. The zero-order valence-corrected chi connectivity index (χ0v) is 15.8. The molecule has 0 saturated carbocycles. The molecular formula is C18H24N4O2S. The number of nitrogens with zero attached hydrogens (tertiary/aromatic N) is 3. The molecule has 0 aliphatic carbocycles. The van der Waals surface area contributed by atoms with Gasteiger partial charge in [-0.1, -0.05) is 17.8 Å². The van der Waals surface area contributed by atoms with Crippen molar-refractivity contribution in [3.05, 3.63) is 36.9 Å². The van der Waals surface area contributed by atoms with E-state index in [-0.39, 0.29) is 17.2 Å². The molecule has 7 heteroatoms. The average molecular weight is 360 g/mol. The first kappa shape index (κ1) is 19.1. The Balaban J connectivity index is 2.26. The Hall–Kier alpha value is -2.28. The number of thioether (sulfide) groups is 1. The average Bonchev–Trinajstić information content (AvgIpc) is 2.97. The molecule has 25 heavy (non-hydrogen) atoms. The highest BCUT2D eigenvalue weighted by Gasteiger charge is 2.20. The lowest BCUT2D eigenvalue weighted by Crippen LogP contribution is -2.36. The summed E-state index contributed by atoms with van der Waals surface area (Å²) >= 11 is 1.39. The molecule has 0 bridgehead atoms. The van der Waals surface area contributed by atoms with Crippen molar-refractivity contribution in [3.63, 3.8) is 0 Å². The largest absolute Gasteiger partial charge is 0.497 e. The number of hydrogen-bond donors (Lipinski definition) is 1. The Morgan fingerprint density at radius 1 is 1.32 bits per heavy atom. The van der Waals surface area contributed by atoms with Gasteiger partial charge in [0.15, 0.2) is 11.0 Å². The molecule has 2 rings (SSSR count). The van der Waals surface area contributed by atoms with Crippen LogP contribution in [0.1, 0.15) is 20.8 Å². The number of benzene rings is 1. The summed E-state index contributed by atoms with van der Waals surface area (Å²) in [5.74, 6) is 1.51. The predicted molar refractivity (Wildman–Crippen MR) is 101 cm³/mol. The molecule has 0 aliphatic heterocycles. The maximum Gasteiger partial charge on any atom is 0.233 e. The fourth-order valence-electron chi connectivity index (χ4n) is 2.24. The van der Waals surface area contributed by atoms with Gasteiger partial charge in [0.25, 0.3) is 0 Å². The number of carbonyl (C=O) groups excluding carboxylic acids is 1. The SMILES string of the molecule is C=CCn1c(S[C@@H](C)C(=O)NC(C)C)nnc1-c1ccc(OC)cc1. The van der Waals surface area contributed by atoms with Crippen LogP contribution in [0.5, 0.6) is 5.75 Å². The molecule has 0 radical (unpaired) electrons. The first-order valence-electron chi connectivity index (χ1n) is 8.11. The molecular weight excluding hydrogens is 336 g/mol. The van der Waals surface area contributed by atoms with Gasteiger partial charge in [-0.25, -0.2) is 0 Å². The third-order valence-corrected chi connectivity index (χ3v) is 4.54. The van der Waals surface area contributed by atoms with Crippen molar-refractivity contribution in [3.8, 4) is 17.1 Å². The minimum Gasteiger partial charge on any atom is -0.497 e. The van der Waals surface area contributed by atoms with Crippen LogP contribution in [0.15, 0.2) is 42.1 Å². The number of amides is 1. The van der Waals surface area contributed by atoms with Crippen LogP contribution in [0.2, 0.25) is 0 Å². The normalized spacial score (nSPS) is 12.0. The zero-order valence-electron chi connectivity index (χ0n) is 15.0. The monoisotopic (exact) mass is 360 g/mol. The van der Waals surface area contributed by atoms with E-state index in [0.29, 0.717) is 11.7 Å². The molecule has 0 fully saturated rings. The fourth-order valence-corrected chi connectivity index (χ4v) is 3.10. The van der Waals surface area contributed by atoms with Crippen LogP contribution in [0, 0.1) is 0 Å². The number of aromatic nitrogens is 3. The second kappa shape index (κ2) is 8.71. The standard InChI is InChI=1S/C18H24N4O2S/c1-6-11-22-16(14-7-9-15(24-5)10-8-14)20-21-18(22)25-13(4)17(23)19-12(2)3/h6-10,12-13H,1,11H2,2-5H3,(H,19,23)/t13-/m0/s1. The van der Waals surface area contributed by atoms with Crippen LogP contribution in [-0.2, 0) is 11.3 Å². The lowest BCUT2D eigenvalue weighted by Gasteiger charge is -2.14. The van der Waals surface area contributed by atoms with Crippen molar-refractivity contribution in [2.45, 2.75) is 43.8 Å². The Morgan fingerprint density at radius 2 is 2.00 bits per heavy atom. The summed E-state index contributed by atoms with van der Waals surface area (Å²) in [7, 11) is 1.63. The summed E-state index contributed by atoms with van der Waals surface area (Å²) < 4.78 is 7.15. The highest BCUT2D eigenvalue weighted by molar-refractivity contribution is 8.00. The number of allylic oxidation sites excluding steroid dienone is 1. The lowest BCUT2D eigenvalue weighted by atomic mass is 10.2. The topological polar surface area (TPSA) is 69.0 Å².